The van der Waals surface area contributed by atoms with Crippen molar-refractivity contribution in [2.24, 2.45) is 0 Å². The van der Waals surface area contributed by atoms with E-state index in [9.17, 15) is 0 Å². The van der Waals surface area contributed by atoms with Gasteiger partial charge in [0, 0.05) is 54.6 Å². The van der Waals surface area contributed by atoms with Crippen molar-refractivity contribution in [2.45, 2.75) is 0 Å². The first-order chi connectivity index (χ1) is 28.8. The molecule has 0 bridgehead atoms. The Kier molecular flexibility index (Phi) is 6.41. The summed E-state index contributed by atoms with van der Waals surface area (Å²) in [5.74, 6) is 0. The Morgan fingerprint density at radius 1 is 0.293 bits per heavy atom. The van der Waals surface area contributed by atoms with Crippen LogP contribution in [-0.2, 0) is 0 Å². The zero-order valence-electron chi connectivity index (χ0n) is 31.2. The largest absolute Gasteiger partial charge is 0.455 e. The third kappa shape index (κ3) is 4.40. The van der Waals surface area contributed by atoms with Crippen molar-refractivity contribution in [2.75, 3.05) is 0 Å². The van der Waals surface area contributed by atoms with Crippen LogP contribution in [0.15, 0.2) is 203 Å². The number of aromatic nitrogens is 2. The maximum Gasteiger partial charge on any atom is 0.147 e. The fourth-order valence-electron chi connectivity index (χ4n) is 9.54. The van der Waals surface area contributed by atoms with Gasteiger partial charge in [0.2, 0.25) is 0 Å². The highest BCUT2D eigenvalue weighted by molar-refractivity contribution is 6.26. The number of benzene rings is 9. The molecular formula is C54H32N2O2. The SMILES string of the molecule is c1ccc(-c2cccc(-c3cc4c5cc(-n6c7ccccc7c7ccccc76)ccc5oc4c4c3oc3ccc(-n5c6ccccc6c6ccccc65)cc34)c2)cc1. The van der Waals surface area contributed by atoms with Crippen LogP contribution in [0.2, 0.25) is 0 Å². The summed E-state index contributed by atoms with van der Waals surface area (Å²) in [4.78, 5) is 0. The maximum absolute atomic E-state index is 6.96. The number of rotatable bonds is 4. The molecule has 270 valence electrons. The van der Waals surface area contributed by atoms with Gasteiger partial charge in [0.1, 0.15) is 22.3 Å². The molecule has 4 heterocycles. The highest BCUT2D eigenvalue weighted by atomic mass is 16.3. The van der Waals surface area contributed by atoms with Crippen LogP contribution in [0.25, 0.3) is 121 Å². The van der Waals surface area contributed by atoms with E-state index in [4.69, 9.17) is 8.83 Å². The molecule has 9 aromatic carbocycles. The fraction of sp³-hybridized carbons (Fsp3) is 0. The van der Waals surface area contributed by atoms with Crippen LogP contribution in [-0.4, -0.2) is 9.13 Å². The molecule has 0 unspecified atom stereocenters. The van der Waals surface area contributed by atoms with E-state index in [1.165, 1.54) is 49.2 Å². The Morgan fingerprint density at radius 3 is 1.34 bits per heavy atom. The highest BCUT2D eigenvalue weighted by Crippen LogP contribution is 2.46. The summed E-state index contributed by atoms with van der Waals surface area (Å²) in [5.41, 5.74) is 14.6. The van der Waals surface area contributed by atoms with E-state index in [0.717, 1.165) is 71.9 Å². The van der Waals surface area contributed by atoms with Gasteiger partial charge in [-0.15, -0.1) is 0 Å². The highest BCUT2D eigenvalue weighted by Gasteiger charge is 2.23. The first-order valence-corrected chi connectivity index (χ1v) is 19.8. The molecule has 4 aromatic heterocycles. The van der Waals surface area contributed by atoms with E-state index in [2.05, 4.69) is 203 Å². The third-order valence-electron chi connectivity index (χ3n) is 12.1. The Hall–Kier alpha value is -7.82. The molecule has 4 heteroatoms. The molecule has 0 fully saturated rings. The molecule has 0 saturated heterocycles. The number of fused-ring (bicyclic) bond motifs is 13. The van der Waals surface area contributed by atoms with E-state index in [-0.39, 0.29) is 0 Å². The van der Waals surface area contributed by atoms with Gasteiger partial charge in [0.05, 0.1) is 27.5 Å². The van der Waals surface area contributed by atoms with Gasteiger partial charge in [0.15, 0.2) is 0 Å². The molecule has 13 aromatic rings. The minimum absolute atomic E-state index is 0.814. The quantitative estimate of drug-likeness (QED) is 0.180. The summed E-state index contributed by atoms with van der Waals surface area (Å²) in [7, 11) is 0. The normalized spacial score (nSPS) is 12.1. The average Bonchev–Trinajstić information content (AvgIpc) is 4.04. The van der Waals surface area contributed by atoms with Gasteiger partial charge in [0.25, 0.3) is 0 Å². The smallest absolute Gasteiger partial charge is 0.147 e. The number of para-hydroxylation sites is 4. The van der Waals surface area contributed by atoms with Crippen LogP contribution in [0.4, 0.5) is 0 Å². The topological polar surface area (TPSA) is 36.1 Å². The molecule has 58 heavy (non-hydrogen) atoms. The number of furan rings is 2. The lowest BCUT2D eigenvalue weighted by molar-refractivity contribution is 0.663. The van der Waals surface area contributed by atoms with Crippen molar-refractivity contribution < 1.29 is 8.83 Å². The van der Waals surface area contributed by atoms with Crippen LogP contribution >= 0.6 is 0 Å². The number of hydrogen-bond acceptors (Lipinski definition) is 2. The van der Waals surface area contributed by atoms with Crippen LogP contribution in [0.3, 0.4) is 0 Å². The van der Waals surface area contributed by atoms with Crippen molar-refractivity contribution in [1.29, 1.82) is 0 Å². The summed E-state index contributed by atoms with van der Waals surface area (Å²) in [6, 6.07) is 69.4. The van der Waals surface area contributed by atoms with Gasteiger partial charge in [-0.3, -0.25) is 0 Å². The molecule has 0 radical (unpaired) electrons. The molecule has 0 atom stereocenters. The molecule has 0 amide bonds. The second kappa shape index (κ2) is 11.8. The molecule has 0 aliphatic carbocycles. The Bertz CT molecular complexity index is 3690. The summed E-state index contributed by atoms with van der Waals surface area (Å²) in [5, 5.41) is 9.04. The monoisotopic (exact) mass is 740 g/mol. The van der Waals surface area contributed by atoms with Crippen LogP contribution < -0.4 is 0 Å². The molecule has 4 nitrogen and oxygen atoms in total. The number of hydrogen-bond donors (Lipinski definition) is 0. The second-order valence-corrected chi connectivity index (χ2v) is 15.3. The molecule has 0 N–H and O–H groups in total. The van der Waals surface area contributed by atoms with Gasteiger partial charge in [-0.1, -0.05) is 121 Å². The van der Waals surface area contributed by atoms with Crippen molar-refractivity contribution in [1.82, 2.24) is 9.13 Å². The lowest BCUT2D eigenvalue weighted by Gasteiger charge is -2.09. The molecule has 0 saturated carbocycles. The summed E-state index contributed by atoms with van der Waals surface area (Å²) in [6.07, 6.45) is 0. The van der Waals surface area contributed by atoms with E-state index in [0.29, 0.717) is 0 Å². The second-order valence-electron chi connectivity index (χ2n) is 15.3. The molecule has 0 aliphatic rings. The summed E-state index contributed by atoms with van der Waals surface area (Å²) in [6.45, 7) is 0. The van der Waals surface area contributed by atoms with Gasteiger partial charge < -0.3 is 18.0 Å². The minimum Gasteiger partial charge on any atom is -0.455 e. The van der Waals surface area contributed by atoms with Crippen LogP contribution in [0, 0.1) is 0 Å². The molecule has 13 rings (SSSR count). The predicted molar refractivity (Wildman–Crippen MR) is 241 cm³/mol. The van der Waals surface area contributed by atoms with E-state index < -0.39 is 0 Å². The molecule has 0 aliphatic heterocycles. The van der Waals surface area contributed by atoms with Gasteiger partial charge in [-0.25, -0.2) is 0 Å². The molecule has 0 spiro atoms. The Balaban J connectivity index is 1.12. The Morgan fingerprint density at radius 2 is 0.759 bits per heavy atom. The standard InChI is InChI=1S/C54H32N2O2/c1-2-13-33(14-3-1)34-15-12-16-35(29-34)42-32-44-43-30-36(55-46-21-8-4-17-38(46)39-18-5-9-22-47(39)55)25-27-50(43)57-54(44)52-45-31-37(26-28-51(45)58-53(42)52)56-48-23-10-6-19-40(48)41-20-7-11-24-49(41)56/h1-32H. The zero-order chi connectivity index (χ0) is 37.9. The number of nitrogens with zero attached hydrogens (tertiary/aromatic N) is 2. The van der Waals surface area contributed by atoms with E-state index in [1.54, 1.807) is 0 Å². The van der Waals surface area contributed by atoms with Crippen molar-refractivity contribution in [3.63, 3.8) is 0 Å². The summed E-state index contributed by atoms with van der Waals surface area (Å²) < 4.78 is 18.6. The first-order valence-electron chi connectivity index (χ1n) is 19.8. The van der Waals surface area contributed by atoms with Crippen LogP contribution in [0.1, 0.15) is 0 Å². The van der Waals surface area contributed by atoms with E-state index >= 15 is 0 Å². The molecular weight excluding hydrogens is 709 g/mol. The lowest BCUT2D eigenvalue weighted by Crippen LogP contribution is -1.93. The predicted octanol–water partition coefficient (Wildman–Crippen LogP) is 15.0. The summed E-state index contributed by atoms with van der Waals surface area (Å²) >= 11 is 0. The van der Waals surface area contributed by atoms with Crippen LogP contribution in [0.5, 0.6) is 0 Å². The maximum atomic E-state index is 6.96. The van der Waals surface area contributed by atoms with Gasteiger partial charge >= 0.3 is 0 Å². The fourth-order valence-corrected chi connectivity index (χ4v) is 9.54. The zero-order valence-corrected chi connectivity index (χ0v) is 31.2. The Labute approximate surface area is 332 Å². The van der Waals surface area contributed by atoms with Crippen molar-refractivity contribution in [3.8, 4) is 33.6 Å². The minimum atomic E-state index is 0.814. The van der Waals surface area contributed by atoms with Gasteiger partial charge in [-0.2, -0.15) is 0 Å². The van der Waals surface area contributed by atoms with Crippen molar-refractivity contribution in [3.05, 3.63) is 194 Å². The van der Waals surface area contributed by atoms with Gasteiger partial charge in [-0.05, 0) is 89.5 Å². The van der Waals surface area contributed by atoms with E-state index in [1.807, 2.05) is 0 Å². The lowest BCUT2D eigenvalue weighted by atomic mass is 9.95. The third-order valence-corrected chi connectivity index (χ3v) is 12.1. The van der Waals surface area contributed by atoms with Crippen molar-refractivity contribution >= 4 is 87.5 Å². The average molecular weight is 741 g/mol. The first kappa shape index (κ1) is 31.4.